The van der Waals surface area contributed by atoms with E-state index in [1.807, 2.05) is 12.1 Å². The highest BCUT2D eigenvalue weighted by Crippen LogP contribution is 2.29. The van der Waals surface area contributed by atoms with Crippen molar-refractivity contribution in [2.45, 2.75) is 0 Å². The van der Waals surface area contributed by atoms with Crippen molar-refractivity contribution in [3.05, 3.63) is 69.2 Å². The van der Waals surface area contributed by atoms with Crippen LogP contribution in [0.1, 0.15) is 11.1 Å². The monoisotopic (exact) mass is 341 g/mol. The maximum absolute atomic E-state index is 12.2. The van der Waals surface area contributed by atoms with E-state index in [9.17, 15) is 4.79 Å². The zero-order valence-electron chi connectivity index (χ0n) is 11.7. The lowest BCUT2D eigenvalue weighted by atomic mass is 10.1. The summed E-state index contributed by atoms with van der Waals surface area (Å²) in [5, 5.41) is 21.0. The fourth-order valence-electron chi connectivity index (χ4n) is 1.76. The molecule has 0 aromatic heterocycles. The number of carbonyl (C=O) groups is 1. The first-order valence-corrected chi connectivity index (χ1v) is 7.18. The van der Waals surface area contributed by atoms with Gasteiger partial charge >= 0.3 is 0 Å². The minimum absolute atomic E-state index is 0.0919. The summed E-state index contributed by atoms with van der Waals surface area (Å²) in [6.07, 6.45) is 1.43. The zero-order valence-corrected chi connectivity index (χ0v) is 13.2. The Labute approximate surface area is 143 Å². The van der Waals surface area contributed by atoms with Crippen molar-refractivity contribution in [3.8, 4) is 12.1 Å². The van der Waals surface area contributed by atoms with E-state index in [-0.39, 0.29) is 10.6 Å². The molecule has 112 valence electrons. The van der Waals surface area contributed by atoms with E-state index in [0.717, 1.165) is 0 Å². The van der Waals surface area contributed by atoms with Crippen molar-refractivity contribution in [3.63, 3.8) is 0 Å². The Hall–Kier alpha value is -2.79. The van der Waals surface area contributed by atoms with Gasteiger partial charge in [-0.3, -0.25) is 4.79 Å². The van der Waals surface area contributed by atoms with Crippen LogP contribution < -0.4 is 5.32 Å². The highest BCUT2D eigenvalue weighted by atomic mass is 35.5. The van der Waals surface area contributed by atoms with E-state index >= 15 is 0 Å². The minimum Gasteiger partial charge on any atom is -0.320 e. The van der Waals surface area contributed by atoms with Crippen LogP contribution in [0.2, 0.25) is 10.0 Å². The second kappa shape index (κ2) is 7.47. The number of anilines is 1. The van der Waals surface area contributed by atoms with Gasteiger partial charge in [0.1, 0.15) is 11.6 Å². The zero-order chi connectivity index (χ0) is 16.8. The molecule has 0 unspecified atom stereocenters. The number of rotatable bonds is 3. The molecule has 0 saturated carbocycles. The number of benzene rings is 2. The minimum atomic E-state index is -0.596. The molecule has 6 heteroatoms. The summed E-state index contributed by atoms with van der Waals surface area (Å²) in [7, 11) is 0. The third-order valence-electron chi connectivity index (χ3n) is 2.92. The molecule has 0 aliphatic rings. The molecule has 0 bridgehead atoms. The molecule has 0 spiro atoms. The van der Waals surface area contributed by atoms with Crippen LogP contribution >= 0.6 is 23.2 Å². The van der Waals surface area contributed by atoms with Gasteiger partial charge in [0.25, 0.3) is 5.91 Å². The fourth-order valence-corrected chi connectivity index (χ4v) is 2.11. The average Bonchev–Trinajstić information content (AvgIpc) is 2.57. The Morgan fingerprint density at radius 2 is 1.78 bits per heavy atom. The lowest BCUT2D eigenvalue weighted by Gasteiger charge is -2.07. The molecule has 2 aromatic rings. The number of nitrogens with one attached hydrogen (secondary N) is 1. The lowest BCUT2D eigenvalue weighted by Crippen LogP contribution is -2.13. The Balaban J connectivity index is 2.24. The second-order valence-electron chi connectivity index (χ2n) is 4.46. The van der Waals surface area contributed by atoms with E-state index in [1.54, 1.807) is 42.5 Å². The fraction of sp³-hybridized carbons (Fsp3) is 0. The van der Waals surface area contributed by atoms with Gasteiger partial charge in [0.05, 0.1) is 27.4 Å². The quantitative estimate of drug-likeness (QED) is 0.663. The maximum Gasteiger partial charge on any atom is 0.266 e. The lowest BCUT2D eigenvalue weighted by molar-refractivity contribution is -0.112. The molecule has 2 aromatic carbocycles. The van der Waals surface area contributed by atoms with E-state index in [0.29, 0.717) is 21.8 Å². The molecule has 1 amide bonds. The Morgan fingerprint density at radius 1 is 1.09 bits per heavy atom. The van der Waals surface area contributed by atoms with Crippen LogP contribution in [0, 0.1) is 22.7 Å². The third kappa shape index (κ3) is 4.11. The predicted molar refractivity (Wildman–Crippen MR) is 89.8 cm³/mol. The molecule has 0 atom stereocenters. The molecule has 0 aliphatic heterocycles. The first kappa shape index (κ1) is 16.6. The maximum atomic E-state index is 12.2. The van der Waals surface area contributed by atoms with Crippen molar-refractivity contribution in [1.29, 1.82) is 10.5 Å². The smallest absolute Gasteiger partial charge is 0.266 e. The van der Waals surface area contributed by atoms with Gasteiger partial charge in [0.2, 0.25) is 0 Å². The largest absolute Gasteiger partial charge is 0.320 e. The molecule has 23 heavy (non-hydrogen) atoms. The predicted octanol–water partition coefficient (Wildman–Crippen LogP) is 4.41. The molecule has 2 rings (SSSR count). The molecule has 0 radical (unpaired) electrons. The molecule has 0 fully saturated rings. The summed E-state index contributed by atoms with van der Waals surface area (Å²) < 4.78 is 0. The normalized spacial score (nSPS) is 10.5. The van der Waals surface area contributed by atoms with Gasteiger partial charge in [-0.05, 0) is 35.9 Å². The summed E-state index contributed by atoms with van der Waals surface area (Å²) >= 11 is 11.9. The molecule has 0 saturated heterocycles. The first-order chi connectivity index (χ1) is 11.0. The number of hydrogen-bond donors (Lipinski definition) is 1. The van der Waals surface area contributed by atoms with Crippen molar-refractivity contribution >= 4 is 40.9 Å². The Morgan fingerprint density at radius 3 is 2.39 bits per heavy atom. The van der Waals surface area contributed by atoms with Crippen molar-refractivity contribution < 1.29 is 4.79 Å². The first-order valence-electron chi connectivity index (χ1n) is 6.42. The summed E-state index contributed by atoms with van der Waals surface area (Å²) in [5.41, 5.74) is 1.36. The number of nitrogens with zero attached hydrogens (tertiary/aromatic N) is 2. The molecule has 4 nitrogen and oxygen atoms in total. The van der Waals surface area contributed by atoms with Crippen LogP contribution in [0.5, 0.6) is 0 Å². The summed E-state index contributed by atoms with van der Waals surface area (Å²) in [5.74, 6) is -0.596. The Kier molecular flexibility index (Phi) is 5.38. The highest BCUT2D eigenvalue weighted by Gasteiger charge is 2.12. The van der Waals surface area contributed by atoms with Gasteiger partial charge in [0.15, 0.2) is 0 Å². The number of halogens is 2. The van der Waals surface area contributed by atoms with E-state index in [2.05, 4.69) is 5.32 Å². The van der Waals surface area contributed by atoms with Crippen LogP contribution in [0.3, 0.4) is 0 Å². The summed E-state index contributed by atoms with van der Waals surface area (Å²) in [4.78, 5) is 12.2. The van der Waals surface area contributed by atoms with E-state index < -0.39 is 5.91 Å². The van der Waals surface area contributed by atoms with Crippen LogP contribution in [0.15, 0.2) is 48.0 Å². The third-order valence-corrected chi connectivity index (χ3v) is 3.73. The van der Waals surface area contributed by atoms with Gasteiger partial charge in [-0.15, -0.1) is 0 Å². The highest BCUT2D eigenvalue weighted by molar-refractivity contribution is 6.44. The number of carbonyl (C=O) groups excluding carboxylic acids is 1. The van der Waals surface area contributed by atoms with Crippen molar-refractivity contribution in [2.24, 2.45) is 0 Å². The number of nitriles is 2. The topological polar surface area (TPSA) is 76.7 Å². The van der Waals surface area contributed by atoms with Crippen LogP contribution in [-0.2, 0) is 4.79 Å². The van der Waals surface area contributed by atoms with Gasteiger partial charge in [-0.1, -0.05) is 41.4 Å². The summed E-state index contributed by atoms with van der Waals surface area (Å²) in [6, 6.07) is 15.2. The Bertz CT molecular complexity index is 859. The van der Waals surface area contributed by atoms with Gasteiger partial charge in [-0.25, -0.2) is 0 Å². The molecular weight excluding hydrogens is 333 g/mol. The molecular formula is C17H9Cl2N3O. The van der Waals surface area contributed by atoms with Crippen LogP contribution in [0.25, 0.3) is 6.08 Å². The van der Waals surface area contributed by atoms with E-state index in [1.165, 1.54) is 6.08 Å². The number of hydrogen-bond acceptors (Lipinski definition) is 3. The SMILES string of the molecule is N#C/C(=C\c1ccc(C#N)cc1)C(=O)Nc1cccc(Cl)c1Cl. The van der Waals surface area contributed by atoms with Crippen molar-refractivity contribution in [1.82, 2.24) is 0 Å². The summed E-state index contributed by atoms with van der Waals surface area (Å²) in [6.45, 7) is 0. The van der Waals surface area contributed by atoms with E-state index in [4.69, 9.17) is 33.7 Å². The average molecular weight is 342 g/mol. The standard InChI is InChI=1S/C17H9Cl2N3O/c18-14-2-1-3-15(16(14)19)22-17(23)13(10-21)8-11-4-6-12(9-20)7-5-11/h1-8H,(H,22,23)/b13-8+. The van der Waals surface area contributed by atoms with Gasteiger partial charge < -0.3 is 5.32 Å². The molecule has 0 heterocycles. The second-order valence-corrected chi connectivity index (χ2v) is 5.24. The van der Waals surface area contributed by atoms with Crippen LogP contribution in [-0.4, -0.2) is 5.91 Å². The molecule has 0 aliphatic carbocycles. The van der Waals surface area contributed by atoms with Crippen LogP contribution in [0.4, 0.5) is 5.69 Å². The van der Waals surface area contributed by atoms with Crippen molar-refractivity contribution in [2.75, 3.05) is 5.32 Å². The van der Waals surface area contributed by atoms with Gasteiger partial charge in [-0.2, -0.15) is 10.5 Å². The number of amides is 1. The van der Waals surface area contributed by atoms with Gasteiger partial charge in [0, 0.05) is 0 Å². The molecule has 1 N–H and O–H groups in total.